The second-order valence-corrected chi connectivity index (χ2v) is 5.40. The molecule has 1 aromatic heterocycles. The van der Waals surface area contributed by atoms with Crippen molar-refractivity contribution in [3.05, 3.63) is 23.3 Å². The first-order valence-electron chi connectivity index (χ1n) is 7.21. The Balaban J connectivity index is 2.82. The molecule has 1 atom stereocenters. The molecule has 0 aliphatic carbocycles. The molecule has 1 heterocycles. The summed E-state index contributed by atoms with van der Waals surface area (Å²) in [6.45, 7) is 7.72. The van der Waals surface area contributed by atoms with E-state index in [-0.39, 0.29) is 18.4 Å². The second-order valence-electron chi connectivity index (χ2n) is 5.40. The number of nitrogens with zero attached hydrogens (tertiary/aromatic N) is 2. The molecule has 6 nitrogen and oxygen atoms in total. The number of amides is 1. The van der Waals surface area contributed by atoms with Crippen molar-refractivity contribution < 1.29 is 14.7 Å². The predicted molar refractivity (Wildman–Crippen MR) is 79.2 cm³/mol. The highest BCUT2D eigenvalue weighted by Gasteiger charge is 2.20. The number of rotatable bonds is 7. The van der Waals surface area contributed by atoms with E-state index in [9.17, 15) is 9.59 Å². The van der Waals surface area contributed by atoms with Crippen LogP contribution in [0.4, 0.5) is 0 Å². The van der Waals surface area contributed by atoms with Crippen LogP contribution in [0.3, 0.4) is 0 Å². The van der Waals surface area contributed by atoms with Crippen LogP contribution in [0.25, 0.3) is 0 Å². The third kappa shape index (κ3) is 4.81. The lowest BCUT2D eigenvalue weighted by Gasteiger charge is -2.15. The number of aromatic nitrogens is 2. The standard InChI is InChI=1S/C15H23N3O3/c1-5-6-11(15(20)21)7-17-14(19)12-8-16-10(4)18-13(12)9(2)3/h8-9,11H,5-7H2,1-4H3,(H,17,19)(H,20,21). The van der Waals surface area contributed by atoms with Gasteiger partial charge in [-0.05, 0) is 19.3 Å². The topological polar surface area (TPSA) is 92.2 Å². The minimum atomic E-state index is -0.888. The Labute approximate surface area is 125 Å². The van der Waals surface area contributed by atoms with Crippen LogP contribution in [-0.2, 0) is 4.79 Å². The fourth-order valence-corrected chi connectivity index (χ4v) is 2.07. The molecule has 116 valence electrons. The molecular weight excluding hydrogens is 270 g/mol. The molecule has 0 aliphatic rings. The summed E-state index contributed by atoms with van der Waals surface area (Å²) in [5.41, 5.74) is 1.10. The molecule has 2 N–H and O–H groups in total. The van der Waals surface area contributed by atoms with E-state index in [1.54, 1.807) is 6.92 Å². The Bertz CT molecular complexity index is 515. The zero-order valence-electron chi connectivity index (χ0n) is 13.0. The van der Waals surface area contributed by atoms with Crippen LogP contribution < -0.4 is 5.32 Å². The normalized spacial score (nSPS) is 12.2. The molecule has 0 saturated heterocycles. The maximum atomic E-state index is 12.2. The Hall–Kier alpha value is -1.98. The summed E-state index contributed by atoms with van der Waals surface area (Å²) in [4.78, 5) is 31.7. The van der Waals surface area contributed by atoms with Gasteiger partial charge < -0.3 is 10.4 Å². The Kier molecular flexibility index (Phi) is 6.27. The van der Waals surface area contributed by atoms with Crippen molar-refractivity contribution >= 4 is 11.9 Å². The van der Waals surface area contributed by atoms with Gasteiger partial charge in [0.2, 0.25) is 0 Å². The molecule has 21 heavy (non-hydrogen) atoms. The number of carbonyl (C=O) groups is 2. The maximum Gasteiger partial charge on any atom is 0.308 e. The molecule has 0 bridgehead atoms. The van der Waals surface area contributed by atoms with Crippen molar-refractivity contribution in [3.8, 4) is 0 Å². The fraction of sp³-hybridized carbons (Fsp3) is 0.600. The second kappa shape index (κ2) is 7.71. The number of nitrogens with one attached hydrogen (secondary N) is 1. The summed E-state index contributed by atoms with van der Waals surface area (Å²) in [5.74, 6) is -1.06. The lowest BCUT2D eigenvalue weighted by atomic mass is 10.0. The van der Waals surface area contributed by atoms with E-state index in [4.69, 9.17) is 5.11 Å². The van der Waals surface area contributed by atoms with Crippen LogP contribution in [0.2, 0.25) is 0 Å². The van der Waals surface area contributed by atoms with Crippen molar-refractivity contribution in [2.75, 3.05) is 6.54 Å². The minimum Gasteiger partial charge on any atom is -0.481 e. The van der Waals surface area contributed by atoms with Gasteiger partial charge in [0.25, 0.3) is 5.91 Å². The van der Waals surface area contributed by atoms with Gasteiger partial charge in [-0.25, -0.2) is 9.97 Å². The summed E-state index contributed by atoms with van der Waals surface area (Å²) in [6.07, 6.45) is 2.80. The van der Waals surface area contributed by atoms with Crippen LogP contribution in [0.15, 0.2) is 6.20 Å². The van der Waals surface area contributed by atoms with Gasteiger partial charge in [-0.1, -0.05) is 27.2 Å². The molecule has 0 aliphatic heterocycles. The molecule has 6 heteroatoms. The van der Waals surface area contributed by atoms with Gasteiger partial charge >= 0.3 is 5.97 Å². The van der Waals surface area contributed by atoms with E-state index in [0.717, 1.165) is 6.42 Å². The average molecular weight is 293 g/mol. The summed E-state index contributed by atoms with van der Waals surface area (Å²) in [7, 11) is 0. The molecule has 0 fully saturated rings. The molecule has 1 aromatic rings. The highest BCUT2D eigenvalue weighted by molar-refractivity contribution is 5.95. The Morgan fingerprint density at radius 3 is 2.57 bits per heavy atom. The fourth-order valence-electron chi connectivity index (χ4n) is 2.07. The molecule has 1 unspecified atom stereocenters. The van der Waals surface area contributed by atoms with E-state index in [1.807, 2.05) is 20.8 Å². The van der Waals surface area contributed by atoms with Gasteiger partial charge in [-0.15, -0.1) is 0 Å². The van der Waals surface area contributed by atoms with Gasteiger partial charge in [-0.3, -0.25) is 9.59 Å². The van der Waals surface area contributed by atoms with Crippen LogP contribution in [0.5, 0.6) is 0 Å². The summed E-state index contributed by atoms with van der Waals surface area (Å²) in [5, 5.41) is 11.8. The summed E-state index contributed by atoms with van der Waals surface area (Å²) >= 11 is 0. The zero-order valence-corrected chi connectivity index (χ0v) is 13.0. The number of hydrogen-bond donors (Lipinski definition) is 2. The first-order valence-corrected chi connectivity index (χ1v) is 7.21. The zero-order chi connectivity index (χ0) is 16.0. The van der Waals surface area contributed by atoms with Gasteiger partial charge in [0, 0.05) is 12.7 Å². The molecule has 0 spiro atoms. The lowest BCUT2D eigenvalue weighted by Crippen LogP contribution is -2.33. The van der Waals surface area contributed by atoms with Gasteiger partial charge in [0.1, 0.15) is 5.82 Å². The highest BCUT2D eigenvalue weighted by atomic mass is 16.4. The van der Waals surface area contributed by atoms with Gasteiger partial charge in [0.15, 0.2) is 0 Å². The van der Waals surface area contributed by atoms with Crippen molar-refractivity contribution in [1.82, 2.24) is 15.3 Å². The number of aryl methyl sites for hydroxylation is 1. The third-order valence-electron chi connectivity index (χ3n) is 3.23. The Morgan fingerprint density at radius 2 is 2.05 bits per heavy atom. The Morgan fingerprint density at radius 1 is 1.38 bits per heavy atom. The quantitative estimate of drug-likeness (QED) is 0.803. The van der Waals surface area contributed by atoms with Crippen molar-refractivity contribution in [2.45, 2.75) is 46.5 Å². The van der Waals surface area contributed by atoms with Crippen LogP contribution >= 0.6 is 0 Å². The number of hydrogen-bond acceptors (Lipinski definition) is 4. The first kappa shape index (κ1) is 17.1. The monoisotopic (exact) mass is 293 g/mol. The first-order chi connectivity index (χ1) is 9.86. The summed E-state index contributed by atoms with van der Waals surface area (Å²) < 4.78 is 0. The molecule has 0 radical (unpaired) electrons. The van der Waals surface area contributed by atoms with E-state index in [0.29, 0.717) is 23.5 Å². The van der Waals surface area contributed by atoms with E-state index < -0.39 is 11.9 Å². The van der Waals surface area contributed by atoms with Crippen LogP contribution in [0.1, 0.15) is 61.4 Å². The highest BCUT2D eigenvalue weighted by Crippen LogP contribution is 2.16. The largest absolute Gasteiger partial charge is 0.481 e. The molecule has 1 rings (SSSR count). The smallest absolute Gasteiger partial charge is 0.308 e. The van der Waals surface area contributed by atoms with E-state index >= 15 is 0 Å². The number of carboxylic acids is 1. The molecule has 1 amide bonds. The minimum absolute atomic E-state index is 0.0957. The molecule has 0 aromatic carbocycles. The number of carbonyl (C=O) groups excluding carboxylic acids is 1. The van der Waals surface area contributed by atoms with Crippen LogP contribution in [-0.4, -0.2) is 33.5 Å². The SMILES string of the molecule is CCCC(CNC(=O)c1cnc(C)nc1C(C)C)C(=O)O. The average Bonchev–Trinajstić information content (AvgIpc) is 2.42. The maximum absolute atomic E-state index is 12.2. The lowest BCUT2D eigenvalue weighted by molar-refractivity contribution is -0.141. The number of aliphatic carboxylic acids is 1. The van der Waals surface area contributed by atoms with Crippen molar-refractivity contribution in [1.29, 1.82) is 0 Å². The number of carboxylic acid groups (broad SMARTS) is 1. The summed E-state index contributed by atoms with van der Waals surface area (Å²) in [6, 6.07) is 0. The predicted octanol–water partition coefficient (Wildman–Crippen LogP) is 2.14. The molecule has 0 saturated carbocycles. The van der Waals surface area contributed by atoms with Gasteiger partial charge in [-0.2, -0.15) is 0 Å². The molecular formula is C15H23N3O3. The van der Waals surface area contributed by atoms with Crippen LogP contribution in [0, 0.1) is 12.8 Å². The van der Waals surface area contributed by atoms with E-state index in [1.165, 1.54) is 6.20 Å². The third-order valence-corrected chi connectivity index (χ3v) is 3.23. The van der Waals surface area contributed by atoms with Gasteiger partial charge in [0.05, 0.1) is 17.2 Å². The van der Waals surface area contributed by atoms with Crippen molar-refractivity contribution in [3.63, 3.8) is 0 Å². The van der Waals surface area contributed by atoms with E-state index in [2.05, 4.69) is 15.3 Å². The van der Waals surface area contributed by atoms with Crippen molar-refractivity contribution in [2.24, 2.45) is 5.92 Å².